The lowest BCUT2D eigenvalue weighted by Gasteiger charge is -2.09. The van der Waals surface area contributed by atoms with E-state index in [1.807, 2.05) is 12.3 Å². The van der Waals surface area contributed by atoms with Crippen molar-refractivity contribution in [2.75, 3.05) is 18.4 Å². The summed E-state index contributed by atoms with van der Waals surface area (Å²) < 4.78 is 1.07. The number of hydrogen-bond acceptors (Lipinski definition) is 3. The number of nitrogens with zero attached hydrogens (tertiary/aromatic N) is 1. The maximum absolute atomic E-state index is 4.31. The molecule has 3 nitrogen and oxygen atoms in total. The predicted octanol–water partition coefficient (Wildman–Crippen LogP) is 2.71. The van der Waals surface area contributed by atoms with Gasteiger partial charge in [0.2, 0.25) is 0 Å². The van der Waals surface area contributed by atoms with Crippen molar-refractivity contribution in [3.63, 3.8) is 0 Å². The zero-order valence-electron chi connectivity index (χ0n) is 9.59. The van der Waals surface area contributed by atoms with Crippen molar-refractivity contribution in [2.24, 2.45) is 0 Å². The molecule has 0 aliphatic heterocycles. The molecular weight excluding hydrogens is 266 g/mol. The van der Waals surface area contributed by atoms with E-state index >= 15 is 0 Å². The van der Waals surface area contributed by atoms with E-state index in [9.17, 15) is 0 Å². The number of aryl methyl sites for hydroxylation is 1. The van der Waals surface area contributed by atoms with Crippen LogP contribution in [0.3, 0.4) is 0 Å². The summed E-state index contributed by atoms with van der Waals surface area (Å²) in [5.41, 5.74) is 1.22. The van der Waals surface area contributed by atoms with Crippen LogP contribution in [0.5, 0.6) is 0 Å². The Bertz CT molecular complexity index is 350. The molecular formula is C12H18BrN3. The van der Waals surface area contributed by atoms with Crippen LogP contribution >= 0.6 is 15.9 Å². The van der Waals surface area contributed by atoms with Gasteiger partial charge in [-0.1, -0.05) is 0 Å². The first-order valence-electron chi connectivity index (χ1n) is 5.86. The number of aromatic nitrogens is 1. The quantitative estimate of drug-likeness (QED) is 0.789. The minimum atomic E-state index is 0.809. The average Bonchev–Trinajstić information content (AvgIpc) is 3.07. The van der Waals surface area contributed by atoms with Crippen molar-refractivity contribution in [1.29, 1.82) is 0 Å². The van der Waals surface area contributed by atoms with E-state index < -0.39 is 0 Å². The van der Waals surface area contributed by atoms with E-state index in [2.05, 4.69) is 38.5 Å². The maximum Gasteiger partial charge on any atom is 0.140 e. The van der Waals surface area contributed by atoms with Crippen molar-refractivity contribution in [1.82, 2.24) is 10.3 Å². The lowest BCUT2D eigenvalue weighted by Crippen LogP contribution is -2.20. The lowest BCUT2D eigenvalue weighted by atomic mass is 10.3. The summed E-state index contributed by atoms with van der Waals surface area (Å²) in [5, 5.41) is 6.85. The van der Waals surface area contributed by atoms with Crippen molar-refractivity contribution in [3.8, 4) is 0 Å². The monoisotopic (exact) mass is 283 g/mol. The van der Waals surface area contributed by atoms with Gasteiger partial charge in [-0.05, 0) is 60.3 Å². The molecule has 0 bridgehead atoms. The maximum atomic E-state index is 4.31. The van der Waals surface area contributed by atoms with Gasteiger partial charge in [-0.15, -0.1) is 0 Å². The summed E-state index contributed by atoms with van der Waals surface area (Å²) in [6.45, 7) is 4.14. The van der Waals surface area contributed by atoms with E-state index in [4.69, 9.17) is 0 Å². The minimum Gasteiger partial charge on any atom is -0.369 e. The van der Waals surface area contributed by atoms with E-state index in [0.717, 1.165) is 35.8 Å². The molecule has 1 aliphatic carbocycles. The van der Waals surface area contributed by atoms with Gasteiger partial charge in [0.1, 0.15) is 5.82 Å². The van der Waals surface area contributed by atoms with Crippen molar-refractivity contribution >= 4 is 21.7 Å². The van der Waals surface area contributed by atoms with Crippen LogP contribution in [0.1, 0.15) is 24.8 Å². The molecule has 1 aromatic rings. The van der Waals surface area contributed by atoms with E-state index in [1.165, 1.54) is 18.4 Å². The van der Waals surface area contributed by atoms with Crippen LogP contribution in [0.2, 0.25) is 0 Å². The smallest absolute Gasteiger partial charge is 0.140 e. The summed E-state index contributed by atoms with van der Waals surface area (Å²) in [6.07, 6.45) is 5.69. The van der Waals surface area contributed by atoms with Gasteiger partial charge in [-0.2, -0.15) is 0 Å². The molecule has 2 N–H and O–H groups in total. The summed E-state index contributed by atoms with van der Waals surface area (Å²) in [6, 6.07) is 2.81. The molecule has 0 amide bonds. The molecule has 0 aromatic carbocycles. The van der Waals surface area contributed by atoms with Crippen LogP contribution in [0.25, 0.3) is 0 Å². The lowest BCUT2D eigenvalue weighted by molar-refractivity contribution is 0.658. The molecule has 16 heavy (non-hydrogen) atoms. The topological polar surface area (TPSA) is 37.0 Å². The molecule has 1 aliphatic rings. The van der Waals surface area contributed by atoms with E-state index in [1.54, 1.807) is 0 Å². The summed E-state index contributed by atoms with van der Waals surface area (Å²) in [5.74, 6) is 0.950. The fourth-order valence-electron chi connectivity index (χ4n) is 1.55. The second kappa shape index (κ2) is 5.64. The van der Waals surface area contributed by atoms with Crippen LogP contribution in [-0.2, 0) is 0 Å². The minimum absolute atomic E-state index is 0.809. The number of nitrogens with one attached hydrogen (secondary N) is 2. The zero-order valence-corrected chi connectivity index (χ0v) is 11.2. The Labute approximate surface area is 105 Å². The molecule has 4 heteroatoms. The number of hydrogen-bond donors (Lipinski definition) is 2. The molecule has 0 atom stereocenters. The molecule has 1 fully saturated rings. The van der Waals surface area contributed by atoms with E-state index in [0.29, 0.717) is 0 Å². The largest absolute Gasteiger partial charge is 0.369 e. The van der Waals surface area contributed by atoms with Crippen LogP contribution in [0.15, 0.2) is 16.7 Å². The normalized spacial score (nSPS) is 15.1. The second-order valence-corrected chi connectivity index (χ2v) is 5.09. The van der Waals surface area contributed by atoms with Gasteiger partial charge in [0.25, 0.3) is 0 Å². The highest BCUT2D eigenvalue weighted by Crippen LogP contribution is 2.23. The number of rotatable bonds is 6. The average molecular weight is 284 g/mol. The first kappa shape index (κ1) is 11.9. The molecule has 1 heterocycles. The van der Waals surface area contributed by atoms with Crippen LogP contribution in [-0.4, -0.2) is 24.1 Å². The Morgan fingerprint density at radius 3 is 3.00 bits per heavy atom. The Balaban J connectivity index is 1.69. The van der Waals surface area contributed by atoms with Gasteiger partial charge in [-0.25, -0.2) is 4.98 Å². The van der Waals surface area contributed by atoms with Gasteiger partial charge in [0, 0.05) is 18.8 Å². The van der Waals surface area contributed by atoms with Gasteiger partial charge in [0.15, 0.2) is 0 Å². The fourth-order valence-corrected chi connectivity index (χ4v) is 1.93. The second-order valence-electron chi connectivity index (χ2n) is 4.30. The first-order chi connectivity index (χ1) is 7.77. The Hall–Kier alpha value is -0.610. The molecule has 2 rings (SSSR count). The van der Waals surface area contributed by atoms with Crippen LogP contribution in [0, 0.1) is 6.92 Å². The predicted molar refractivity (Wildman–Crippen MR) is 70.8 cm³/mol. The highest BCUT2D eigenvalue weighted by molar-refractivity contribution is 9.10. The van der Waals surface area contributed by atoms with Gasteiger partial charge < -0.3 is 10.6 Å². The molecule has 0 radical (unpaired) electrons. The van der Waals surface area contributed by atoms with Crippen LogP contribution < -0.4 is 10.6 Å². The molecule has 0 saturated heterocycles. The third kappa shape index (κ3) is 3.46. The number of pyridine rings is 1. The summed E-state index contributed by atoms with van der Waals surface area (Å²) >= 11 is 3.54. The number of halogens is 1. The standard InChI is InChI=1S/C12H18BrN3/c1-9-5-8-16-12(11(9)13)15-7-2-6-14-10-3-4-10/h5,8,10,14H,2-4,6-7H2,1H3,(H,15,16). The van der Waals surface area contributed by atoms with Crippen LogP contribution in [0.4, 0.5) is 5.82 Å². The third-order valence-corrected chi connectivity index (χ3v) is 3.74. The van der Waals surface area contributed by atoms with E-state index in [-0.39, 0.29) is 0 Å². The Morgan fingerprint density at radius 2 is 2.25 bits per heavy atom. The summed E-state index contributed by atoms with van der Waals surface area (Å²) in [7, 11) is 0. The Morgan fingerprint density at radius 1 is 1.44 bits per heavy atom. The van der Waals surface area contributed by atoms with Crippen molar-refractivity contribution in [2.45, 2.75) is 32.2 Å². The molecule has 88 valence electrons. The number of anilines is 1. The molecule has 1 saturated carbocycles. The van der Waals surface area contributed by atoms with Gasteiger partial charge in [-0.3, -0.25) is 0 Å². The summed E-state index contributed by atoms with van der Waals surface area (Å²) in [4.78, 5) is 4.31. The fraction of sp³-hybridized carbons (Fsp3) is 0.583. The van der Waals surface area contributed by atoms with Gasteiger partial charge in [0.05, 0.1) is 4.47 Å². The van der Waals surface area contributed by atoms with Gasteiger partial charge >= 0.3 is 0 Å². The molecule has 0 unspecified atom stereocenters. The SMILES string of the molecule is Cc1ccnc(NCCCNC2CC2)c1Br. The third-order valence-electron chi connectivity index (χ3n) is 2.74. The van der Waals surface area contributed by atoms with Crippen molar-refractivity contribution < 1.29 is 0 Å². The molecule has 1 aromatic heterocycles. The first-order valence-corrected chi connectivity index (χ1v) is 6.65. The highest BCUT2D eigenvalue weighted by atomic mass is 79.9. The molecule has 0 spiro atoms. The highest BCUT2D eigenvalue weighted by Gasteiger charge is 2.19. The van der Waals surface area contributed by atoms with Crippen molar-refractivity contribution in [3.05, 3.63) is 22.3 Å². The Kier molecular flexibility index (Phi) is 4.18. The zero-order chi connectivity index (χ0) is 11.4.